The van der Waals surface area contributed by atoms with Crippen molar-refractivity contribution in [2.24, 2.45) is 0 Å². The van der Waals surface area contributed by atoms with Gasteiger partial charge in [0.1, 0.15) is 43.2 Å². The quantitative estimate of drug-likeness (QED) is 0.0169. The van der Waals surface area contributed by atoms with E-state index >= 15 is 0 Å². The monoisotopic (exact) mass is 981 g/mol. The molecule has 27 heteroatoms. The largest absolute Gasteiger partial charge is 0.472 e. The smallest absolute Gasteiger partial charge is 0.456 e. The topological polar surface area (TPSA) is 384 Å². The average molecular weight is 982 g/mol. The van der Waals surface area contributed by atoms with Crippen LogP contribution in [0, 0.1) is 47.4 Å². The summed E-state index contributed by atoms with van der Waals surface area (Å²) in [6.45, 7) is 1.79. The summed E-state index contributed by atoms with van der Waals surface area (Å²) < 4.78 is 80.9. The van der Waals surface area contributed by atoms with Gasteiger partial charge in [-0.05, 0) is 48.9 Å². The molecule has 1 aliphatic carbocycles. The van der Waals surface area contributed by atoms with E-state index < -0.39 is 99.2 Å². The number of aliphatic hydroxyl groups excluding tert-OH is 2. The lowest BCUT2D eigenvalue weighted by Crippen LogP contribution is -2.65. The Morgan fingerprint density at radius 2 is 1.00 bits per heavy atom. The lowest BCUT2D eigenvalue weighted by molar-refractivity contribution is -0.209. The third-order valence-electron chi connectivity index (χ3n) is 8.23. The molecule has 1 rings (SSSR count). The molecule has 8 atom stereocenters. The maximum absolute atomic E-state index is 13.1. The number of aliphatic hydroxyl groups is 2. The van der Waals surface area contributed by atoms with Crippen molar-refractivity contribution in [1.82, 2.24) is 6.15 Å². The predicted molar refractivity (Wildman–Crippen MR) is 231 cm³/mol. The summed E-state index contributed by atoms with van der Waals surface area (Å²) in [5.41, 5.74) is 0. The van der Waals surface area contributed by atoms with E-state index in [9.17, 15) is 72.3 Å². The second-order valence-electron chi connectivity index (χ2n) is 13.3. The maximum Gasteiger partial charge on any atom is 0.472 e. The number of unbranched alkanes of at least 4 members (excludes halogenated alkanes) is 12. The molecular weight excluding hydrogens is 910 g/mol. The predicted octanol–water partition coefficient (Wildman–Crippen LogP) is 4.51. The summed E-state index contributed by atoms with van der Waals surface area (Å²) >= 11 is 0. The zero-order valence-corrected chi connectivity index (χ0v) is 37.8. The van der Waals surface area contributed by atoms with Crippen LogP contribution < -0.4 is 6.15 Å². The molecule has 0 amide bonds. The van der Waals surface area contributed by atoms with Gasteiger partial charge in [0.25, 0.3) is 0 Å². The van der Waals surface area contributed by atoms with E-state index in [4.69, 9.17) is 18.5 Å². The minimum Gasteiger partial charge on any atom is -0.456 e. The van der Waals surface area contributed by atoms with E-state index in [1.807, 2.05) is 5.92 Å². The molecule has 1 fully saturated rings. The Bertz CT molecular complexity index is 1830. The Hall–Kier alpha value is -2.50. The number of hydrogen-bond acceptors (Lipinski definition) is 16. The van der Waals surface area contributed by atoms with Crippen molar-refractivity contribution in [3.8, 4) is 47.4 Å². The summed E-state index contributed by atoms with van der Waals surface area (Å²) in [6.07, 6.45) is -4.79. The fourth-order valence-electron chi connectivity index (χ4n) is 5.60. The second kappa shape index (κ2) is 30.6. The molecule has 12 N–H and O–H groups in total. The average Bonchev–Trinajstić information content (AvgIpc) is 3.14. The Morgan fingerprint density at radius 1 is 0.581 bits per heavy atom. The summed E-state index contributed by atoms with van der Waals surface area (Å²) in [4.78, 5) is 91.6. The van der Waals surface area contributed by atoms with Gasteiger partial charge in [-0.3, -0.25) is 27.4 Å². The molecule has 0 heterocycles. The number of carbonyl (C=O) groups is 2. The van der Waals surface area contributed by atoms with Gasteiger partial charge in [-0.25, -0.2) is 23.1 Å². The van der Waals surface area contributed by atoms with Gasteiger partial charge in [0, 0.05) is 22.3 Å². The first-order chi connectivity index (χ1) is 28.5. The number of phosphoric ester groups is 4. The zero-order valence-electron chi connectivity index (χ0n) is 34.2. The standard InChI is InChI=1S/C35H54O22P4.H3N.7H2/c1-3-5-7-9-11-12-13-14-15-16-18-20-22-24-29(37)53-27(25-51-28(36)23-21-19-17-10-8-6-4-2)26-52-61(49,50)57-32-30(38)33(54-58(40,41)42)35(56-60(46,47)48)34(31(32)39)55-59(43,44)45;;;;;;;;/h27,30-35,38-39H,3,5,7,9,11-16,18,20,22,24-26H2,1-2H3,(H,49,50)(H2,40,41,42)(H2,43,44,45)(H2,46,47,48);1H3;7*1H/t27-,30-,31?,32?,33?,34+,35?;;;;;;;;/m1......../s1. The third kappa shape index (κ3) is 28.3. The highest BCUT2D eigenvalue weighted by atomic mass is 31.2. The zero-order chi connectivity index (χ0) is 46.1. The van der Waals surface area contributed by atoms with E-state index in [0.717, 1.165) is 32.1 Å². The van der Waals surface area contributed by atoms with Gasteiger partial charge in [-0.15, -0.1) is 0 Å². The van der Waals surface area contributed by atoms with Crippen LogP contribution in [0.3, 0.4) is 0 Å². The molecule has 5 unspecified atom stereocenters. The van der Waals surface area contributed by atoms with Gasteiger partial charge in [-0.2, -0.15) is 0 Å². The summed E-state index contributed by atoms with van der Waals surface area (Å²) in [6, 6.07) is 0. The lowest BCUT2D eigenvalue weighted by atomic mass is 9.85. The van der Waals surface area contributed by atoms with Crippen molar-refractivity contribution in [1.29, 1.82) is 0 Å². The molecule has 23 nitrogen and oxygen atoms in total. The highest BCUT2D eigenvalue weighted by Crippen LogP contribution is 2.53. The normalized spacial score (nSPS) is 21.3. The number of hydrogen-bond donors (Lipinski definition) is 10. The Morgan fingerprint density at radius 3 is 1.45 bits per heavy atom. The Labute approximate surface area is 370 Å². The fourth-order valence-corrected chi connectivity index (χ4v) is 8.25. The van der Waals surface area contributed by atoms with Gasteiger partial charge >= 0.3 is 43.2 Å². The fraction of sp³-hybridized carbons (Fsp3) is 0.714. The van der Waals surface area contributed by atoms with Crippen molar-refractivity contribution in [3.63, 3.8) is 0 Å². The van der Waals surface area contributed by atoms with E-state index in [2.05, 4.69) is 61.9 Å². The summed E-state index contributed by atoms with van der Waals surface area (Å²) in [7, 11) is -23.1. The molecule has 0 spiro atoms. The number of ether oxygens (including phenoxy) is 2. The lowest BCUT2D eigenvalue weighted by Gasteiger charge is -2.45. The highest BCUT2D eigenvalue weighted by molar-refractivity contribution is 7.47. The van der Waals surface area contributed by atoms with Crippen LogP contribution in [0.4, 0.5) is 0 Å². The molecule has 0 aromatic carbocycles. The first kappa shape index (κ1) is 59.5. The van der Waals surface area contributed by atoms with Gasteiger partial charge in [0.05, 0.1) is 6.61 Å². The van der Waals surface area contributed by atoms with E-state index in [0.29, 0.717) is 12.8 Å². The van der Waals surface area contributed by atoms with Gasteiger partial charge < -0.3 is 60.1 Å². The first-order valence-corrected chi connectivity index (χ1v) is 25.1. The molecule has 368 valence electrons. The Kier molecular flexibility index (Phi) is 29.4. The van der Waals surface area contributed by atoms with Crippen molar-refractivity contribution < 1.29 is 114 Å². The Balaban J connectivity index is -0.000000775. The molecule has 1 aliphatic rings. The summed E-state index contributed by atoms with van der Waals surface area (Å²) in [5, 5.41) is 21.7. The van der Waals surface area contributed by atoms with Gasteiger partial charge in [-0.1, -0.05) is 89.9 Å². The van der Waals surface area contributed by atoms with Gasteiger partial charge in [0.2, 0.25) is 0 Å². The number of esters is 2. The van der Waals surface area contributed by atoms with Crippen LogP contribution >= 0.6 is 31.3 Å². The first-order valence-electron chi connectivity index (χ1n) is 19.0. The van der Waals surface area contributed by atoms with Crippen molar-refractivity contribution in [2.75, 3.05) is 13.2 Å². The van der Waals surface area contributed by atoms with Crippen molar-refractivity contribution >= 4 is 43.2 Å². The maximum atomic E-state index is 13.1. The van der Waals surface area contributed by atoms with Crippen LogP contribution in [0.2, 0.25) is 0 Å². The molecule has 62 heavy (non-hydrogen) atoms. The molecule has 0 radical (unpaired) electrons. The van der Waals surface area contributed by atoms with E-state index in [1.165, 1.54) is 38.5 Å². The number of phosphoric acid groups is 4. The van der Waals surface area contributed by atoms with Crippen molar-refractivity contribution in [3.05, 3.63) is 0 Å². The number of carbonyl (C=O) groups excluding carboxylic acids is 2. The molecule has 0 bridgehead atoms. The van der Waals surface area contributed by atoms with Crippen LogP contribution in [0.15, 0.2) is 0 Å². The van der Waals surface area contributed by atoms with Crippen LogP contribution in [0.25, 0.3) is 0 Å². The molecule has 0 aromatic heterocycles. The van der Waals surface area contributed by atoms with Crippen molar-refractivity contribution in [2.45, 2.75) is 146 Å². The SMILES string of the molecule is CC#CC#CC#CC#CC(=O)OC[C@H](COP(=O)(O)OC1C(O)[C@H](OP(=O)(O)O)C(OP(=O)(O)O)C(OP(=O)(O)O)[C@@H]1O)OC(=O)CCCCCCCCCCCCCCC.N.[HH].[HH].[HH].[HH].[HH].[HH].[HH]. The van der Waals surface area contributed by atoms with E-state index in [1.54, 1.807) is 6.92 Å². The summed E-state index contributed by atoms with van der Waals surface area (Å²) in [5.74, 6) is 16.4. The van der Waals surface area contributed by atoms with Crippen LogP contribution in [-0.2, 0) is 59.9 Å². The highest BCUT2D eigenvalue weighted by Gasteiger charge is 2.59. The van der Waals surface area contributed by atoms with E-state index in [-0.39, 0.29) is 22.6 Å². The third-order valence-corrected chi connectivity index (χ3v) is 10.8. The molecule has 0 aromatic rings. The van der Waals surface area contributed by atoms with Crippen LogP contribution in [-0.4, -0.2) is 112 Å². The number of rotatable bonds is 28. The molecule has 0 saturated heterocycles. The van der Waals surface area contributed by atoms with Crippen LogP contribution in [0.5, 0.6) is 0 Å². The minimum absolute atomic E-state index is 0. The molecular formula is C35H71NO22P4. The second-order valence-corrected chi connectivity index (χ2v) is 18.3. The molecule has 0 aliphatic heterocycles. The molecule has 1 saturated carbocycles. The van der Waals surface area contributed by atoms with Crippen LogP contribution in [0.1, 0.15) is 114 Å². The van der Waals surface area contributed by atoms with Gasteiger partial charge in [0.15, 0.2) is 6.10 Å². The minimum atomic E-state index is -5.80.